The van der Waals surface area contributed by atoms with E-state index in [2.05, 4.69) is 58.6 Å². The SMILES string of the molecule is Cc1cccc2c(NC3CC4(CCOCC4)Oc4ccccc43)ncnc12. The Morgan fingerprint density at radius 2 is 1.89 bits per heavy atom. The first kappa shape index (κ1) is 16.5. The minimum Gasteiger partial charge on any atom is -0.487 e. The first-order chi connectivity index (χ1) is 13.2. The number of ether oxygens (including phenoxy) is 2. The summed E-state index contributed by atoms with van der Waals surface area (Å²) in [4.78, 5) is 9.03. The second-order valence-electron chi connectivity index (χ2n) is 7.53. The molecule has 3 heterocycles. The van der Waals surface area contributed by atoms with Gasteiger partial charge in [0.05, 0.1) is 24.8 Å². The lowest BCUT2D eigenvalue weighted by Gasteiger charge is -2.44. The molecule has 1 N–H and O–H groups in total. The molecule has 2 aliphatic heterocycles. The quantitative estimate of drug-likeness (QED) is 0.732. The van der Waals surface area contributed by atoms with Crippen LogP contribution in [0.1, 0.15) is 36.4 Å². The maximum absolute atomic E-state index is 6.48. The van der Waals surface area contributed by atoms with Crippen molar-refractivity contribution in [2.45, 2.75) is 37.8 Å². The van der Waals surface area contributed by atoms with E-state index in [0.29, 0.717) is 0 Å². The molecule has 0 aliphatic carbocycles. The van der Waals surface area contributed by atoms with Crippen molar-refractivity contribution in [3.05, 3.63) is 59.9 Å². The largest absolute Gasteiger partial charge is 0.487 e. The van der Waals surface area contributed by atoms with Crippen LogP contribution in [-0.4, -0.2) is 28.8 Å². The predicted molar refractivity (Wildman–Crippen MR) is 105 cm³/mol. The maximum atomic E-state index is 6.48. The number of aromatic nitrogens is 2. The van der Waals surface area contributed by atoms with Gasteiger partial charge in [-0.2, -0.15) is 0 Å². The topological polar surface area (TPSA) is 56.3 Å². The van der Waals surface area contributed by atoms with Gasteiger partial charge in [-0.1, -0.05) is 30.3 Å². The van der Waals surface area contributed by atoms with Gasteiger partial charge in [0, 0.05) is 30.2 Å². The van der Waals surface area contributed by atoms with Crippen LogP contribution in [0.25, 0.3) is 10.9 Å². The Labute approximate surface area is 158 Å². The van der Waals surface area contributed by atoms with E-state index >= 15 is 0 Å². The summed E-state index contributed by atoms with van der Waals surface area (Å²) >= 11 is 0. The molecule has 1 aromatic heterocycles. The van der Waals surface area contributed by atoms with Gasteiger partial charge in [-0.25, -0.2) is 9.97 Å². The third-order valence-corrected chi connectivity index (χ3v) is 5.78. The number of hydrogen-bond acceptors (Lipinski definition) is 5. The Hall–Kier alpha value is -2.66. The van der Waals surface area contributed by atoms with Crippen LogP contribution in [0, 0.1) is 6.92 Å². The first-order valence-electron chi connectivity index (χ1n) is 9.57. The lowest BCUT2D eigenvalue weighted by atomic mass is 9.82. The van der Waals surface area contributed by atoms with E-state index in [0.717, 1.165) is 60.5 Å². The summed E-state index contributed by atoms with van der Waals surface area (Å²) < 4.78 is 12.1. The highest BCUT2D eigenvalue weighted by atomic mass is 16.5. The molecule has 5 heteroatoms. The third-order valence-electron chi connectivity index (χ3n) is 5.78. The lowest BCUT2D eigenvalue weighted by molar-refractivity contribution is -0.0608. The number of benzene rings is 2. The second kappa shape index (κ2) is 6.50. The Bertz CT molecular complexity index is 982. The Balaban J connectivity index is 1.55. The molecule has 0 saturated carbocycles. The van der Waals surface area contributed by atoms with Gasteiger partial charge in [0.1, 0.15) is 23.5 Å². The van der Waals surface area contributed by atoms with E-state index in [1.165, 1.54) is 5.56 Å². The molecule has 5 rings (SSSR count). The number of aryl methyl sites for hydroxylation is 1. The van der Waals surface area contributed by atoms with Crippen molar-refractivity contribution in [1.82, 2.24) is 9.97 Å². The van der Waals surface area contributed by atoms with E-state index < -0.39 is 0 Å². The highest BCUT2D eigenvalue weighted by Crippen LogP contribution is 2.45. The summed E-state index contributed by atoms with van der Waals surface area (Å²) in [6, 6.07) is 14.7. The standard InChI is InChI=1S/C22H23N3O2/c1-15-5-4-7-17-20(15)23-14-24-21(17)25-18-13-22(9-11-26-12-10-22)27-19-8-3-2-6-16(18)19/h2-8,14,18H,9-13H2,1H3,(H,23,24,25). The number of nitrogens with zero attached hydrogens (tertiary/aromatic N) is 2. The van der Waals surface area contributed by atoms with E-state index in [9.17, 15) is 0 Å². The van der Waals surface area contributed by atoms with Crippen LogP contribution in [0.2, 0.25) is 0 Å². The van der Waals surface area contributed by atoms with Crippen LogP contribution in [-0.2, 0) is 4.74 Å². The van der Waals surface area contributed by atoms with E-state index in [4.69, 9.17) is 9.47 Å². The van der Waals surface area contributed by atoms with E-state index in [-0.39, 0.29) is 11.6 Å². The van der Waals surface area contributed by atoms with E-state index in [1.807, 2.05) is 6.07 Å². The van der Waals surface area contributed by atoms with Gasteiger partial charge in [-0.05, 0) is 24.6 Å². The molecule has 0 bridgehead atoms. The van der Waals surface area contributed by atoms with Crippen LogP contribution in [0.4, 0.5) is 5.82 Å². The van der Waals surface area contributed by atoms with Crippen molar-refractivity contribution >= 4 is 16.7 Å². The number of hydrogen-bond donors (Lipinski definition) is 1. The molecular weight excluding hydrogens is 338 g/mol. The fourth-order valence-corrected chi connectivity index (χ4v) is 4.31. The third kappa shape index (κ3) is 2.92. The summed E-state index contributed by atoms with van der Waals surface area (Å²) in [5, 5.41) is 4.76. The fourth-order valence-electron chi connectivity index (χ4n) is 4.31. The zero-order valence-electron chi connectivity index (χ0n) is 15.4. The Kier molecular flexibility index (Phi) is 3.97. The van der Waals surface area contributed by atoms with Crippen LogP contribution in [0.3, 0.4) is 0 Å². The van der Waals surface area contributed by atoms with Gasteiger partial charge in [0.2, 0.25) is 0 Å². The normalized spacial score (nSPS) is 20.9. The number of rotatable bonds is 2. The average Bonchev–Trinajstić information content (AvgIpc) is 2.69. The molecule has 1 spiro atoms. The smallest absolute Gasteiger partial charge is 0.137 e. The fraction of sp³-hybridized carbons (Fsp3) is 0.364. The Morgan fingerprint density at radius 3 is 2.78 bits per heavy atom. The lowest BCUT2D eigenvalue weighted by Crippen LogP contribution is -2.46. The monoisotopic (exact) mass is 361 g/mol. The number of fused-ring (bicyclic) bond motifs is 2. The summed E-state index contributed by atoms with van der Waals surface area (Å²) in [5.74, 6) is 1.85. The van der Waals surface area contributed by atoms with Gasteiger partial charge in [-0.15, -0.1) is 0 Å². The summed E-state index contributed by atoms with van der Waals surface area (Å²) in [7, 11) is 0. The van der Waals surface area contributed by atoms with Crippen molar-refractivity contribution in [3.63, 3.8) is 0 Å². The summed E-state index contributed by atoms with van der Waals surface area (Å²) in [5.41, 5.74) is 3.18. The van der Waals surface area contributed by atoms with Crippen LogP contribution >= 0.6 is 0 Å². The van der Waals surface area contributed by atoms with Crippen molar-refractivity contribution in [2.75, 3.05) is 18.5 Å². The molecular formula is C22H23N3O2. The first-order valence-corrected chi connectivity index (χ1v) is 9.57. The van der Waals surface area contributed by atoms with Crippen molar-refractivity contribution < 1.29 is 9.47 Å². The summed E-state index contributed by atoms with van der Waals surface area (Å²) in [6.07, 6.45) is 4.39. The number of anilines is 1. The Morgan fingerprint density at radius 1 is 1.04 bits per heavy atom. The highest BCUT2D eigenvalue weighted by molar-refractivity contribution is 5.91. The molecule has 2 aliphatic rings. The zero-order valence-corrected chi connectivity index (χ0v) is 15.4. The average molecular weight is 361 g/mol. The molecule has 3 aromatic rings. The van der Waals surface area contributed by atoms with Crippen molar-refractivity contribution in [3.8, 4) is 5.75 Å². The predicted octanol–water partition coefficient (Wildman–Crippen LogP) is 4.42. The molecule has 1 unspecified atom stereocenters. The highest BCUT2D eigenvalue weighted by Gasteiger charge is 2.42. The molecule has 0 amide bonds. The minimum atomic E-state index is -0.164. The molecule has 2 aromatic carbocycles. The van der Waals surface area contributed by atoms with Crippen LogP contribution in [0.15, 0.2) is 48.8 Å². The van der Waals surface area contributed by atoms with Crippen LogP contribution < -0.4 is 10.1 Å². The second-order valence-corrected chi connectivity index (χ2v) is 7.53. The summed E-state index contributed by atoms with van der Waals surface area (Å²) in [6.45, 7) is 3.59. The van der Waals surface area contributed by atoms with Crippen LogP contribution in [0.5, 0.6) is 5.75 Å². The van der Waals surface area contributed by atoms with E-state index in [1.54, 1.807) is 6.33 Å². The van der Waals surface area contributed by atoms with Crippen molar-refractivity contribution in [1.29, 1.82) is 0 Å². The van der Waals surface area contributed by atoms with Gasteiger partial charge >= 0.3 is 0 Å². The molecule has 1 atom stereocenters. The molecule has 0 radical (unpaired) electrons. The molecule has 5 nitrogen and oxygen atoms in total. The molecule has 1 fully saturated rings. The molecule has 27 heavy (non-hydrogen) atoms. The number of para-hydroxylation sites is 2. The zero-order chi connectivity index (χ0) is 18.3. The maximum Gasteiger partial charge on any atom is 0.137 e. The molecule has 1 saturated heterocycles. The number of nitrogens with one attached hydrogen (secondary N) is 1. The van der Waals surface area contributed by atoms with Gasteiger partial charge < -0.3 is 14.8 Å². The van der Waals surface area contributed by atoms with Gasteiger partial charge in [0.25, 0.3) is 0 Å². The minimum absolute atomic E-state index is 0.145. The van der Waals surface area contributed by atoms with Gasteiger partial charge in [-0.3, -0.25) is 0 Å². The molecule has 138 valence electrons. The van der Waals surface area contributed by atoms with Crippen molar-refractivity contribution in [2.24, 2.45) is 0 Å². The van der Waals surface area contributed by atoms with Gasteiger partial charge in [0.15, 0.2) is 0 Å².